The van der Waals surface area contributed by atoms with Crippen LogP contribution in [0.4, 0.5) is 11.6 Å². The third-order valence-corrected chi connectivity index (χ3v) is 5.90. The summed E-state index contributed by atoms with van der Waals surface area (Å²) >= 11 is 0. The molecule has 182 valence electrons. The predicted octanol–water partition coefficient (Wildman–Crippen LogP) is 4.68. The van der Waals surface area contributed by atoms with Gasteiger partial charge >= 0.3 is 0 Å². The summed E-state index contributed by atoms with van der Waals surface area (Å²) in [5, 5.41) is 11.1. The highest BCUT2D eigenvalue weighted by atomic mass is 16.5. The summed E-state index contributed by atoms with van der Waals surface area (Å²) in [5.74, 6) is 2.15. The van der Waals surface area contributed by atoms with E-state index in [2.05, 4.69) is 15.6 Å². The van der Waals surface area contributed by atoms with Crippen molar-refractivity contribution in [2.45, 2.75) is 19.9 Å². The molecule has 0 saturated heterocycles. The molecule has 0 bridgehead atoms. The summed E-state index contributed by atoms with van der Waals surface area (Å²) in [6, 6.07) is 18.2. The van der Waals surface area contributed by atoms with E-state index in [1.807, 2.05) is 62.4 Å². The average molecular weight is 483 g/mol. The van der Waals surface area contributed by atoms with Crippen molar-refractivity contribution in [1.82, 2.24) is 19.7 Å². The van der Waals surface area contributed by atoms with E-state index in [4.69, 9.17) is 19.6 Å². The minimum absolute atomic E-state index is 0.269. The zero-order valence-electron chi connectivity index (χ0n) is 20.2. The van der Waals surface area contributed by atoms with Crippen LogP contribution in [0.25, 0.3) is 11.4 Å². The Bertz CT molecular complexity index is 1410. The number of carbonyl (C=O) groups is 1. The largest absolute Gasteiger partial charge is 0.495 e. The molecule has 2 aromatic heterocycles. The van der Waals surface area contributed by atoms with E-state index >= 15 is 0 Å². The van der Waals surface area contributed by atoms with Gasteiger partial charge in [-0.05, 0) is 55.8 Å². The molecule has 36 heavy (non-hydrogen) atoms. The zero-order chi connectivity index (χ0) is 25.1. The first-order chi connectivity index (χ1) is 17.6. The van der Waals surface area contributed by atoms with Gasteiger partial charge in [0, 0.05) is 23.7 Å². The Morgan fingerprint density at radius 2 is 1.83 bits per heavy atom. The number of nitrogens with zero attached hydrogens (tertiary/aromatic N) is 4. The summed E-state index contributed by atoms with van der Waals surface area (Å²) in [4.78, 5) is 22.5. The number of hydrogen-bond donors (Lipinski definition) is 2. The van der Waals surface area contributed by atoms with Gasteiger partial charge in [-0.25, -0.2) is 4.68 Å². The molecule has 0 aliphatic carbocycles. The molecule has 0 spiro atoms. The maximum Gasteiger partial charge on any atom is 0.255 e. The highest BCUT2D eigenvalue weighted by molar-refractivity contribution is 6.06. The fraction of sp³-hybridized carbons (Fsp3) is 0.185. The Morgan fingerprint density at radius 3 is 2.56 bits per heavy atom. The van der Waals surface area contributed by atoms with Gasteiger partial charge in [-0.3, -0.25) is 9.78 Å². The number of allylic oxidation sites excluding steroid dienone is 1. The fourth-order valence-corrected chi connectivity index (χ4v) is 4.23. The lowest BCUT2D eigenvalue weighted by atomic mass is 9.95. The molecular formula is C27H26N6O3. The number of fused-ring (bicyclic) bond motifs is 1. The van der Waals surface area contributed by atoms with E-state index in [1.54, 1.807) is 36.3 Å². The van der Waals surface area contributed by atoms with Crippen LogP contribution in [-0.2, 0) is 4.79 Å². The highest BCUT2D eigenvalue weighted by Crippen LogP contribution is 2.37. The van der Waals surface area contributed by atoms with Crippen LogP contribution in [0.1, 0.15) is 25.5 Å². The first-order valence-corrected chi connectivity index (χ1v) is 11.6. The molecule has 2 N–H and O–H groups in total. The Kier molecular flexibility index (Phi) is 6.36. The van der Waals surface area contributed by atoms with Crippen LogP contribution < -0.4 is 20.1 Å². The lowest BCUT2D eigenvalue weighted by Gasteiger charge is -2.29. The van der Waals surface area contributed by atoms with Gasteiger partial charge in [0.25, 0.3) is 5.91 Å². The summed E-state index contributed by atoms with van der Waals surface area (Å²) in [5.41, 5.74) is 3.48. The monoisotopic (exact) mass is 482 g/mol. The van der Waals surface area contributed by atoms with Gasteiger partial charge in [0.15, 0.2) is 5.82 Å². The molecule has 9 heteroatoms. The van der Waals surface area contributed by atoms with Crippen LogP contribution in [0.2, 0.25) is 0 Å². The topological polar surface area (TPSA) is 103 Å². The average Bonchev–Trinajstić information content (AvgIpc) is 3.33. The van der Waals surface area contributed by atoms with Gasteiger partial charge in [-0.15, -0.1) is 5.10 Å². The first-order valence-electron chi connectivity index (χ1n) is 11.6. The summed E-state index contributed by atoms with van der Waals surface area (Å²) in [6.45, 7) is 4.37. The van der Waals surface area contributed by atoms with Gasteiger partial charge in [-0.2, -0.15) is 4.98 Å². The molecule has 1 amide bonds. The van der Waals surface area contributed by atoms with Crippen LogP contribution >= 0.6 is 0 Å². The van der Waals surface area contributed by atoms with Crippen molar-refractivity contribution >= 4 is 17.5 Å². The smallest absolute Gasteiger partial charge is 0.255 e. The number of para-hydroxylation sites is 2. The van der Waals surface area contributed by atoms with Gasteiger partial charge in [0.05, 0.1) is 25.0 Å². The number of rotatable bonds is 7. The standard InChI is InChI=1S/C27H26N6O3/c1-4-36-20-11-9-18(10-12-20)24-23(26(34)30-21-7-5-6-8-22(21)35-3)17(2)29-27-31-25(32-33(24)27)19-13-15-28-16-14-19/h5-16,24H,4H2,1-3H3,(H,30,34)(H,29,31,32). The molecular weight excluding hydrogens is 456 g/mol. The molecule has 3 heterocycles. The van der Waals surface area contributed by atoms with Crippen LogP contribution in [0.5, 0.6) is 11.5 Å². The molecule has 1 unspecified atom stereocenters. The maximum absolute atomic E-state index is 13.7. The molecule has 0 saturated carbocycles. The van der Waals surface area contributed by atoms with Gasteiger partial charge < -0.3 is 20.1 Å². The van der Waals surface area contributed by atoms with Gasteiger partial charge in [0.1, 0.15) is 17.5 Å². The second kappa shape index (κ2) is 9.91. The molecule has 1 atom stereocenters. The molecule has 2 aromatic carbocycles. The van der Waals surface area contributed by atoms with E-state index in [0.29, 0.717) is 41.1 Å². The Morgan fingerprint density at radius 1 is 1.08 bits per heavy atom. The molecule has 1 aliphatic heterocycles. The van der Waals surface area contributed by atoms with E-state index < -0.39 is 6.04 Å². The van der Waals surface area contributed by atoms with Crippen LogP contribution in [0.3, 0.4) is 0 Å². The Hall–Kier alpha value is -4.66. The van der Waals surface area contributed by atoms with E-state index in [-0.39, 0.29) is 5.91 Å². The van der Waals surface area contributed by atoms with Crippen molar-refractivity contribution in [3.63, 3.8) is 0 Å². The van der Waals surface area contributed by atoms with Crippen molar-refractivity contribution in [2.24, 2.45) is 0 Å². The number of hydrogen-bond acceptors (Lipinski definition) is 7. The lowest BCUT2D eigenvalue weighted by molar-refractivity contribution is -0.113. The summed E-state index contributed by atoms with van der Waals surface area (Å²) in [7, 11) is 1.57. The van der Waals surface area contributed by atoms with Crippen LogP contribution in [0, 0.1) is 0 Å². The number of ether oxygens (including phenoxy) is 2. The van der Waals surface area contributed by atoms with E-state index in [9.17, 15) is 4.79 Å². The zero-order valence-corrected chi connectivity index (χ0v) is 20.2. The first kappa shape index (κ1) is 23.1. The number of amides is 1. The maximum atomic E-state index is 13.7. The fourth-order valence-electron chi connectivity index (χ4n) is 4.23. The molecule has 0 radical (unpaired) electrons. The van der Waals surface area contributed by atoms with Gasteiger partial charge in [0.2, 0.25) is 5.95 Å². The third-order valence-electron chi connectivity index (χ3n) is 5.90. The lowest BCUT2D eigenvalue weighted by Crippen LogP contribution is -2.31. The number of anilines is 2. The van der Waals surface area contributed by atoms with Crippen molar-refractivity contribution < 1.29 is 14.3 Å². The quantitative estimate of drug-likeness (QED) is 0.394. The number of benzene rings is 2. The summed E-state index contributed by atoms with van der Waals surface area (Å²) in [6.07, 6.45) is 3.39. The number of carbonyl (C=O) groups excluding carboxylic acids is 1. The minimum atomic E-state index is -0.519. The molecule has 0 fully saturated rings. The Labute approximate surface area is 208 Å². The molecule has 5 rings (SSSR count). The van der Waals surface area contributed by atoms with Gasteiger partial charge in [-0.1, -0.05) is 24.3 Å². The molecule has 9 nitrogen and oxygen atoms in total. The third kappa shape index (κ3) is 4.38. The van der Waals surface area contributed by atoms with Crippen molar-refractivity contribution in [3.8, 4) is 22.9 Å². The number of nitrogens with one attached hydrogen (secondary N) is 2. The molecule has 4 aromatic rings. The van der Waals surface area contributed by atoms with Crippen LogP contribution in [-0.4, -0.2) is 39.4 Å². The van der Waals surface area contributed by atoms with Crippen molar-refractivity contribution in [2.75, 3.05) is 24.4 Å². The highest BCUT2D eigenvalue weighted by Gasteiger charge is 2.34. The molecule has 1 aliphatic rings. The van der Waals surface area contributed by atoms with Crippen LogP contribution in [0.15, 0.2) is 84.3 Å². The second-order valence-corrected chi connectivity index (χ2v) is 8.16. The summed E-state index contributed by atoms with van der Waals surface area (Å²) < 4.78 is 12.8. The SMILES string of the molecule is CCOc1ccc(C2C(C(=O)Nc3ccccc3OC)=C(C)Nc3nc(-c4ccncc4)nn32)cc1. The van der Waals surface area contributed by atoms with Crippen molar-refractivity contribution in [1.29, 1.82) is 0 Å². The van der Waals surface area contributed by atoms with E-state index in [1.165, 1.54) is 0 Å². The number of pyridine rings is 1. The number of aromatic nitrogens is 4. The normalized spacial score (nSPS) is 14.6. The number of methoxy groups -OCH3 is 1. The predicted molar refractivity (Wildman–Crippen MR) is 137 cm³/mol. The van der Waals surface area contributed by atoms with E-state index in [0.717, 1.165) is 16.9 Å². The van der Waals surface area contributed by atoms with Crippen molar-refractivity contribution in [3.05, 3.63) is 89.9 Å². The minimum Gasteiger partial charge on any atom is -0.495 e. The second-order valence-electron chi connectivity index (χ2n) is 8.16. The Balaban J connectivity index is 1.58.